The van der Waals surface area contributed by atoms with E-state index in [2.05, 4.69) is 20.4 Å². The largest absolute Gasteiger partial charge is 0.435 e. The van der Waals surface area contributed by atoms with Crippen molar-refractivity contribution in [3.05, 3.63) is 29.8 Å². The van der Waals surface area contributed by atoms with E-state index in [1.54, 1.807) is 12.1 Å². The van der Waals surface area contributed by atoms with Crippen molar-refractivity contribution in [2.75, 3.05) is 13.1 Å². The zero-order chi connectivity index (χ0) is 15.1. The second-order valence-corrected chi connectivity index (χ2v) is 5.05. The van der Waals surface area contributed by atoms with E-state index in [1.165, 1.54) is 18.9 Å². The van der Waals surface area contributed by atoms with Gasteiger partial charge in [-0.1, -0.05) is 12.1 Å². The van der Waals surface area contributed by atoms with Crippen LogP contribution in [-0.2, 0) is 6.54 Å². The predicted molar refractivity (Wildman–Crippen MR) is 78.6 cm³/mol. The molecule has 2 rings (SSSR count). The molecule has 0 aliphatic heterocycles. The van der Waals surface area contributed by atoms with Crippen LogP contribution in [0.15, 0.2) is 29.3 Å². The molecule has 1 aromatic rings. The Morgan fingerprint density at radius 1 is 1.38 bits per heavy atom. The number of rotatable bonds is 7. The van der Waals surface area contributed by atoms with E-state index in [1.807, 2.05) is 13.0 Å². The van der Waals surface area contributed by atoms with Crippen LogP contribution in [0.5, 0.6) is 5.75 Å². The van der Waals surface area contributed by atoms with Gasteiger partial charge in [0.15, 0.2) is 5.96 Å². The minimum absolute atomic E-state index is 0.161. The first-order valence-corrected chi connectivity index (χ1v) is 7.23. The summed E-state index contributed by atoms with van der Waals surface area (Å²) in [7, 11) is 0. The van der Waals surface area contributed by atoms with E-state index in [-0.39, 0.29) is 5.75 Å². The van der Waals surface area contributed by atoms with Gasteiger partial charge in [0.05, 0.1) is 6.54 Å². The number of halogens is 2. The monoisotopic (exact) mass is 297 g/mol. The molecular weight excluding hydrogens is 276 g/mol. The van der Waals surface area contributed by atoms with Gasteiger partial charge in [0.1, 0.15) is 5.75 Å². The van der Waals surface area contributed by atoms with Crippen molar-refractivity contribution in [2.24, 2.45) is 10.9 Å². The second kappa shape index (κ2) is 7.81. The summed E-state index contributed by atoms with van der Waals surface area (Å²) in [6, 6.07) is 6.62. The van der Waals surface area contributed by atoms with Crippen LogP contribution in [0.25, 0.3) is 0 Å². The first kappa shape index (κ1) is 15.5. The number of benzene rings is 1. The van der Waals surface area contributed by atoms with Crippen LogP contribution < -0.4 is 15.4 Å². The molecule has 0 spiro atoms. The van der Waals surface area contributed by atoms with Crippen LogP contribution in [0.4, 0.5) is 8.78 Å². The molecule has 0 atom stereocenters. The highest BCUT2D eigenvalue weighted by Gasteiger charge is 2.20. The predicted octanol–water partition coefficient (Wildman–Crippen LogP) is 2.75. The third kappa shape index (κ3) is 5.97. The smallest absolute Gasteiger partial charge is 0.387 e. The maximum Gasteiger partial charge on any atom is 0.387 e. The Hall–Kier alpha value is -1.85. The molecule has 1 fully saturated rings. The lowest BCUT2D eigenvalue weighted by atomic mass is 10.2. The normalized spacial score (nSPS) is 15.1. The Balaban J connectivity index is 1.91. The van der Waals surface area contributed by atoms with Crippen molar-refractivity contribution in [2.45, 2.75) is 32.9 Å². The van der Waals surface area contributed by atoms with Gasteiger partial charge in [-0.3, -0.25) is 0 Å². The molecule has 1 aliphatic carbocycles. The Morgan fingerprint density at radius 3 is 2.86 bits per heavy atom. The summed E-state index contributed by atoms with van der Waals surface area (Å²) in [5, 5.41) is 6.46. The van der Waals surface area contributed by atoms with Crippen LogP contribution in [0, 0.1) is 5.92 Å². The fraction of sp³-hybridized carbons (Fsp3) is 0.533. The summed E-state index contributed by atoms with van der Waals surface area (Å²) in [5.74, 6) is 1.68. The van der Waals surface area contributed by atoms with Crippen molar-refractivity contribution in [3.63, 3.8) is 0 Å². The van der Waals surface area contributed by atoms with Gasteiger partial charge in [-0.15, -0.1) is 0 Å². The first-order chi connectivity index (χ1) is 10.2. The number of guanidine groups is 1. The average molecular weight is 297 g/mol. The zero-order valence-corrected chi connectivity index (χ0v) is 12.1. The standard InChI is InChI=1S/C15H21F2N3O/c1-2-18-15(19-9-11-6-7-11)20-10-12-4-3-5-13(8-12)21-14(16)17/h3-5,8,11,14H,2,6-7,9-10H2,1H3,(H2,18,19,20). The molecule has 116 valence electrons. The van der Waals surface area contributed by atoms with E-state index in [0.717, 1.165) is 30.5 Å². The molecule has 4 nitrogen and oxygen atoms in total. The van der Waals surface area contributed by atoms with Crippen LogP contribution in [0.1, 0.15) is 25.3 Å². The minimum Gasteiger partial charge on any atom is -0.435 e. The van der Waals surface area contributed by atoms with Gasteiger partial charge in [0, 0.05) is 13.1 Å². The highest BCUT2D eigenvalue weighted by atomic mass is 19.3. The number of aliphatic imine (C=N–C) groups is 1. The number of nitrogens with zero attached hydrogens (tertiary/aromatic N) is 1. The Morgan fingerprint density at radius 2 is 2.19 bits per heavy atom. The van der Waals surface area contributed by atoms with E-state index >= 15 is 0 Å². The first-order valence-electron chi connectivity index (χ1n) is 7.23. The van der Waals surface area contributed by atoms with E-state index in [4.69, 9.17) is 0 Å². The van der Waals surface area contributed by atoms with Crippen LogP contribution in [0.2, 0.25) is 0 Å². The Labute approximate surface area is 123 Å². The van der Waals surface area contributed by atoms with Gasteiger partial charge in [0.2, 0.25) is 0 Å². The molecule has 0 radical (unpaired) electrons. The summed E-state index contributed by atoms with van der Waals surface area (Å²) < 4.78 is 28.7. The highest BCUT2D eigenvalue weighted by molar-refractivity contribution is 5.79. The molecular formula is C15H21F2N3O. The summed E-state index contributed by atoms with van der Waals surface area (Å²) in [6.07, 6.45) is 2.55. The molecule has 21 heavy (non-hydrogen) atoms. The lowest BCUT2D eigenvalue weighted by molar-refractivity contribution is -0.0498. The topological polar surface area (TPSA) is 45.7 Å². The fourth-order valence-electron chi connectivity index (χ4n) is 1.90. The zero-order valence-electron chi connectivity index (χ0n) is 12.1. The molecule has 1 saturated carbocycles. The molecule has 6 heteroatoms. The number of nitrogens with one attached hydrogen (secondary N) is 2. The molecule has 1 aromatic carbocycles. The van der Waals surface area contributed by atoms with Gasteiger partial charge in [0.25, 0.3) is 0 Å². The number of hydrogen-bond acceptors (Lipinski definition) is 2. The second-order valence-electron chi connectivity index (χ2n) is 5.05. The maximum absolute atomic E-state index is 12.2. The lowest BCUT2D eigenvalue weighted by Gasteiger charge is -2.11. The third-order valence-electron chi connectivity index (χ3n) is 3.14. The summed E-state index contributed by atoms with van der Waals surface area (Å²) >= 11 is 0. The van der Waals surface area contributed by atoms with E-state index < -0.39 is 6.61 Å². The van der Waals surface area contributed by atoms with Crippen molar-refractivity contribution in [3.8, 4) is 5.75 Å². The van der Waals surface area contributed by atoms with Gasteiger partial charge in [-0.2, -0.15) is 8.78 Å². The average Bonchev–Trinajstić information content (AvgIpc) is 3.26. The highest BCUT2D eigenvalue weighted by Crippen LogP contribution is 2.27. The molecule has 0 saturated heterocycles. The summed E-state index contributed by atoms with van der Waals surface area (Å²) in [4.78, 5) is 4.46. The van der Waals surface area contributed by atoms with Crippen molar-refractivity contribution >= 4 is 5.96 Å². The fourth-order valence-corrected chi connectivity index (χ4v) is 1.90. The quantitative estimate of drug-likeness (QED) is 0.601. The molecule has 0 amide bonds. The number of ether oxygens (including phenoxy) is 1. The van der Waals surface area contributed by atoms with Crippen molar-refractivity contribution in [1.29, 1.82) is 0 Å². The minimum atomic E-state index is -2.80. The van der Waals surface area contributed by atoms with Gasteiger partial charge in [-0.25, -0.2) is 4.99 Å². The van der Waals surface area contributed by atoms with E-state index in [9.17, 15) is 8.78 Å². The maximum atomic E-state index is 12.2. The van der Waals surface area contributed by atoms with Crippen molar-refractivity contribution < 1.29 is 13.5 Å². The van der Waals surface area contributed by atoms with Gasteiger partial charge < -0.3 is 15.4 Å². The molecule has 0 unspecified atom stereocenters. The Kier molecular flexibility index (Phi) is 5.78. The molecule has 0 bridgehead atoms. The van der Waals surface area contributed by atoms with Gasteiger partial charge >= 0.3 is 6.61 Å². The van der Waals surface area contributed by atoms with Crippen molar-refractivity contribution in [1.82, 2.24) is 10.6 Å². The van der Waals surface area contributed by atoms with Gasteiger partial charge in [-0.05, 0) is 43.4 Å². The summed E-state index contributed by atoms with van der Waals surface area (Å²) in [5.41, 5.74) is 0.830. The molecule has 2 N–H and O–H groups in total. The van der Waals surface area contributed by atoms with E-state index in [0.29, 0.717) is 6.54 Å². The molecule has 0 heterocycles. The molecule has 0 aromatic heterocycles. The SMILES string of the molecule is CCNC(=NCc1cccc(OC(F)F)c1)NCC1CC1. The molecule has 1 aliphatic rings. The summed E-state index contributed by atoms with van der Waals surface area (Å²) in [6.45, 7) is 1.33. The Bertz CT molecular complexity index is 476. The van der Waals surface area contributed by atoms with Crippen LogP contribution >= 0.6 is 0 Å². The van der Waals surface area contributed by atoms with Crippen LogP contribution in [-0.4, -0.2) is 25.7 Å². The number of alkyl halides is 2. The van der Waals surface area contributed by atoms with Crippen LogP contribution in [0.3, 0.4) is 0 Å². The third-order valence-corrected chi connectivity index (χ3v) is 3.14. The lowest BCUT2D eigenvalue weighted by Crippen LogP contribution is -2.38. The number of hydrogen-bond donors (Lipinski definition) is 2.